The molecule has 0 radical (unpaired) electrons. The zero-order valence-corrected chi connectivity index (χ0v) is 14.8. The SMILES string of the molecule is Cn1c(NC(=O)CSc2nc3cc(Cl)ccc3o2)cc(=O)n(C)c1=O. The fourth-order valence-corrected chi connectivity index (χ4v) is 2.90. The number of halogens is 1. The number of fused-ring (bicyclic) bond motifs is 1. The van der Waals surface area contributed by atoms with Crippen molar-refractivity contribution >= 4 is 46.2 Å². The maximum Gasteiger partial charge on any atom is 0.332 e. The average molecular weight is 381 g/mol. The Morgan fingerprint density at radius 3 is 2.80 bits per heavy atom. The van der Waals surface area contributed by atoms with Gasteiger partial charge < -0.3 is 9.73 Å². The van der Waals surface area contributed by atoms with Gasteiger partial charge in [0.15, 0.2) is 5.58 Å². The Balaban J connectivity index is 1.70. The molecule has 0 atom stereocenters. The van der Waals surface area contributed by atoms with Crippen molar-refractivity contribution in [3.63, 3.8) is 0 Å². The van der Waals surface area contributed by atoms with Gasteiger partial charge in [-0.2, -0.15) is 0 Å². The highest BCUT2D eigenvalue weighted by molar-refractivity contribution is 7.99. The van der Waals surface area contributed by atoms with Crippen LogP contribution in [0.5, 0.6) is 0 Å². The Morgan fingerprint density at radius 1 is 1.28 bits per heavy atom. The van der Waals surface area contributed by atoms with Crippen LogP contribution < -0.4 is 16.6 Å². The second kappa shape index (κ2) is 6.77. The van der Waals surface area contributed by atoms with E-state index in [4.69, 9.17) is 16.0 Å². The fourth-order valence-electron chi connectivity index (χ4n) is 2.10. The van der Waals surface area contributed by atoms with Gasteiger partial charge in [0, 0.05) is 25.2 Å². The maximum atomic E-state index is 12.1. The van der Waals surface area contributed by atoms with Gasteiger partial charge in [0.25, 0.3) is 10.8 Å². The van der Waals surface area contributed by atoms with Crippen molar-refractivity contribution in [1.29, 1.82) is 0 Å². The third kappa shape index (κ3) is 3.62. The number of aromatic nitrogens is 3. The number of rotatable bonds is 4. The lowest BCUT2D eigenvalue weighted by molar-refractivity contribution is -0.113. The number of benzene rings is 1. The van der Waals surface area contributed by atoms with Crippen molar-refractivity contribution in [2.45, 2.75) is 5.22 Å². The lowest BCUT2D eigenvalue weighted by atomic mass is 10.3. The van der Waals surface area contributed by atoms with Crippen LogP contribution in [-0.2, 0) is 18.9 Å². The summed E-state index contributed by atoms with van der Waals surface area (Å²) in [4.78, 5) is 39.8. The first-order valence-corrected chi connectivity index (χ1v) is 8.47. The van der Waals surface area contributed by atoms with Gasteiger partial charge in [-0.25, -0.2) is 9.78 Å². The van der Waals surface area contributed by atoms with E-state index in [1.165, 1.54) is 24.7 Å². The van der Waals surface area contributed by atoms with Crippen LogP contribution in [0.4, 0.5) is 5.82 Å². The van der Waals surface area contributed by atoms with Crippen LogP contribution in [0.1, 0.15) is 0 Å². The van der Waals surface area contributed by atoms with E-state index < -0.39 is 17.2 Å². The van der Waals surface area contributed by atoms with E-state index in [9.17, 15) is 14.4 Å². The molecule has 0 aliphatic rings. The molecule has 130 valence electrons. The van der Waals surface area contributed by atoms with Gasteiger partial charge in [-0.15, -0.1) is 0 Å². The summed E-state index contributed by atoms with van der Waals surface area (Å²) in [5.74, 6) is -0.263. The van der Waals surface area contributed by atoms with Crippen molar-refractivity contribution in [1.82, 2.24) is 14.1 Å². The predicted octanol–water partition coefficient (Wildman–Crippen LogP) is 1.61. The second-order valence-corrected chi connectivity index (χ2v) is 6.56. The van der Waals surface area contributed by atoms with Crippen LogP contribution in [0.2, 0.25) is 5.02 Å². The second-order valence-electron chi connectivity index (χ2n) is 5.20. The maximum absolute atomic E-state index is 12.1. The number of hydrogen-bond acceptors (Lipinski definition) is 6. The molecule has 0 spiro atoms. The average Bonchev–Trinajstić information content (AvgIpc) is 2.98. The molecule has 0 saturated heterocycles. The zero-order chi connectivity index (χ0) is 18.1. The van der Waals surface area contributed by atoms with Crippen molar-refractivity contribution in [2.75, 3.05) is 11.1 Å². The number of carbonyl (C=O) groups excluding carboxylic acids is 1. The summed E-state index contributed by atoms with van der Waals surface area (Å²) < 4.78 is 7.64. The van der Waals surface area contributed by atoms with Crippen LogP contribution in [0.3, 0.4) is 0 Å². The highest BCUT2D eigenvalue weighted by Gasteiger charge is 2.12. The molecule has 1 N–H and O–H groups in total. The van der Waals surface area contributed by atoms with E-state index in [-0.39, 0.29) is 11.6 Å². The molecule has 8 nitrogen and oxygen atoms in total. The predicted molar refractivity (Wildman–Crippen MR) is 95.3 cm³/mol. The minimum atomic E-state index is -0.522. The number of carbonyl (C=O) groups is 1. The molecular weight excluding hydrogens is 368 g/mol. The molecule has 2 heterocycles. The summed E-state index contributed by atoms with van der Waals surface area (Å²) >= 11 is 6.98. The third-order valence-electron chi connectivity index (χ3n) is 3.45. The Bertz CT molecular complexity index is 1090. The fraction of sp³-hybridized carbons (Fsp3) is 0.200. The largest absolute Gasteiger partial charge is 0.431 e. The van der Waals surface area contributed by atoms with Crippen LogP contribution in [-0.4, -0.2) is 25.8 Å². The summed E-state index contributed by atoms with van der Waals surface area (Å²) in [5, 5.41) is 3.40. The number of nitrogens with one attached hydrogen (secondary N) is 1. The number of thioether (sulfide) groups is 1. The summed E-state index contributed by atoms with van der Waals surface area (Å²) in [6.45, 7) is 0. The first kappa shape index (κ1) is 17.3. The monoisotopic (exact) mass is 380 g/mol. The molecular formula is C15H13ClN4O4S. The Labute approximate surface area is 150 Å². The molecule has 0 bridgehead atoms. The van der Waals surface area contributed by atoms with Gasteiger partial charge in [0.05, 0.1) is 5.75 Å². The number of amides is 1. The van der Waals surface area contributed by atoms with Gasteiger partial charge in [0.2, 0.25) is 5.91 Å². The summed E-state index contributed by atoms with van der Waals surface area (Å²) in [7, 11) is 2.83. The lowest BCUT2D eigenvalue weighted by Gasteiger charge is -2.10. The van der Waals surface area contributed by atoms with E-state index >= 15 is 0 Å². The van der Waals surface area contributed by atoms with E-state index in [0.29, 0.717) is 21.3 Å². The minimum absolute atomic E-state index is 0.00392. The molecule has 0 unspecified atom stereocenters. The topological polar surface area (TPSA) is 99.1 Å². The summed E-state index contributed by atoms with van der Waals surface area (Å²) in [6.07, 6.45) is 0. The quantitative estimate of drug-likeness (QED) is 0.690. The van der Waals surface area contributed by atoms with Gasteiger partial charge in [0.1, 0.15) is 11.3 Å². The molecule has 3 aromatic rings. The van der Waals surface area contributed by atoms with Crippen LogP contribution in [0.25, 0.3) is 11.1 Å². The molecule has 0 fully saturated rings. The van der Waals surface area contributed by atoms with E-state index in [0.717, 1.165) is 16.3 Å². The number of nitrogens with zero attached hydrogens (tertiary/aromatic N) is 3. The van der Waals surface area contributed by atoms with Crippen molar-refractivity contribution in [3.05, 3.63) is 50.1 Å². The smallest absolute Gasteiger partial charge is 0.332 e. The lowest BCUT2D eigenvalue weighted by Crippen LogP contribution is -2.38. The first-order chi connectivity index (χ1) is 11.8. The first-order valence-electron chi connectivity index (χ1n) is 7.11. The minimum Gasteiger partial charge on any atom is -0.431 e. The Hall–Kier alpha value is -2.52. The number of anilines is 1. The van der Waals surface area contributed by atoms with Crippen molar-refractivity contribution in [3.8, 4) is 0 Å². The molecule has 0 aliphatic heterocycles. The van der Waals surface area contributed by atoms with Gasteiger partial charge in [-0.05, 0) is 18.2 Å². The van der Waals surface area contributed by atoms with Gasteiger partial charge in [-0.1, -0.05) is 23.4 Å². The molecule has 1 amide bonds. The van der Waals surface area contributed by atoms with Gasteiger partial charge in [-0.3, -0.25) is 18.7 Å². The standard InChI is InChI=1S/C15H13ClN4O4S/c1-19-11(6-13(22)20(2)15(19)23)18-12(21)7-25-14-17-9-5-8(16)3-4-10(9)24-14/h3-6H,7H2,1-2H3,(H,18,21). The van der Waals surface area contributed by atoms with Crippen LogP contribution in [0.15, 0.2) is 43.5 Å². The molecule has 1 aromatic carbocycles. The number of oxazole rings is 1. The molecule has 3 rings (SSSR count). The molecule has 10 heteroatoms. The highest BCUT2D eigenvalue weighted by atomic mass is 35.5. The normalized spacial score (nSPS) is 11.0. The number of hydrogen-bond donors (Lipinski definition) is 1. The third-order valence-corrected chi connectivity index (χ3v) is 4.51. The van der Waals surface area contributed by atoms with Crippen LogP contribution >= 0.6 is 23.4 Å². The molecule has 25 heavy (non-hydrogen) atoms. The van der Waals surface area contributed by atoms with E-state index in [2.05, 4.69) is 10.3 Å². The molecule has 2 aromatic heterocycles. The van der Waals surface area contributed by atoms with Gasteiger partial charge >= 0.3 is 5.69 Å². The highest BCUT2D eigenvalue weighted by Crippen LogP contribution is 2.25. The Kier molecular flexibility index (Phi) is 4.69. The Morgan fingerprint density at radius 2 is 2.04 bits per heavy atom. The summed E-state index contributed by atoms with van der Waals surface area (Å²) in [6, 6.07) is 6.24. The van der Waals surface area contributed by atoms with Crippen molar-refractivity contribution in [2.24, 2.45) is 14.1 Å². The summed E-state index contributed by atoms with van der Waals surface area (Å²) in [5.41, 5.74) is 0.152. The molecule has 0 aliphatic carbocycles. The van der Waals surface area contributed by atoms with E-state index in [1.54, 1.807) is 18.2 Å². The van der Waals surface area contributed by atoms with E-state index in [1.807, 2.05) is 0 Å². The zero-order valence-electron chi connectivity index (χ0n) is 13.3. The van der Waals surface area contributed by atoms with Crippen LogP contribution in [0, 0.1) is 0 Å². The molecule has 0 saturated carbocycles. The van der Waals surface area contributed by atoms with Crippen molar-refractivity contribution < 1.29 is 9.21 Å².